The summed E-state index contributed by atoms with van der Waals surface area (Å²) in [5.41, 5.74) is 6.22. The molecule has 2 N–H and O–H groups in total. The molecule has 3 rings (SSSR count). The lowest BCUT2D eigenvalue weighted by molar-refractivity contribution is -0.136. The Labute approximate surface area is 121 Å². The molecule has 0 spiro atoms. The number of hydrogen-bond acceptors (Lipinski definition) is 2. The van der Waals surface area contributed by atoms with Crippen LogP contribution in [0, 0.1) is 0 Å². The summed E-state index contributed by atoms with van der Waals surface area (Å²) < 4.78 is 39.0. The maximum absolute atomic E-state index is 13.0. The van der Waals surface area contributed by atoms with Crippen LogP contribution in [-0.4, -0.2) is 11.5 Å². The van der Waals surface area contributed by atoms with Crippen LogP contribution in [0.1, 0.15) is 36.8 Å². The molecule has 5 heteroatoms. The van der Waals surface area contributed by atoms with E-state index < -0.39 is 11.7 Å². The molecule has 0 saturated heterocycles. The van der Waals surface area contributed by atoms with Crippen LogP contribution < -0.4 is 5.73 Å². The Morgan fingerprint density at radius 2 is 1.86 bits per heavy atom. The molecule has 0 amide bonds. The maximum Gasteiger partial charge on any atom is 0.418 e. The Morgan fingerprint density at radius 1 is 1.14 bits per heavy atom. The van der Waals surface area contributed by atoms with E-state index in [1.165, 1.54) is 6.20 Å². The molecule has 1 aliphatic carbocycles. The van der Waals surface area contributed by atoms with E-state index in [-0.39, 0.29) is 10.8 Å². The quantitative estimate of drug-likeness (QED) is 0.908. The number of alkyl halides is 3. The van der Waals surface area contributed by atoms with Crippen molar-refractivity contribution < 1.29 is 13.2 Å². The molecular weight excluding hydrogens is 277 g/mol. The summed E-state index contributed by atoms with van der Waals surface area (Å²) in [5, 5.41) is 0.730. The van der Waals surface area contributed by atoms with Crippen molar-refractivity contribution in [3.63, 3.8) is 0 Å². The van der Waals surface area contributed by atoms with Crippen molar-refractivity contribution in [2.24, 2.45) is 5.73 Å². The number of rotatable bonds is 2. The van der Waals surface area contributed by atoms with Crippen LogP contribution in [0.2, 0.25) is 0 Å². The molecule has 0 radical (unpaired) electrons. The van der Waals surface area contributed by atoms with E-state index in [9.17, 15) is 13.2 Å². The summed E-state index contributed by atoms with van der Waals surface area (Å²) in [5.74, 6) is 0. The zero-order valence-corrected chi connectivity index (χ0v) is 11.6. The lowest BCUT2D eigenvalue weighted by Gasteiger charge is -2.28. The molecule has 1 fully saturated rings. The summed E-state index contributed by atoms with van der Waals surface area (Å²) >= 11 is 0. The second-order valence-corrected chi connectivity index (χ2v) is 5.81. The number of nitrogens with two attached hydrogens (primary N) is 1. The van der Waals surface area contributed by atoms with Crippen LogP contribution in [0.15, 0.2) is 30.6 Å². The molecule has 2 aromatic rings. The molecule has 1 saturated carbocycles. The van der Waals surface area contributed by atoms with Crippen LogP contribution in [0.4, 0.5) is 13.2 Å². The molecule has 1 aliphatic rings. The first-order valence-electron chi connectivity index (χ1n) is 7.12. The van der Waals surface area contributed by atoms with E-state index in [0.717, 1.165) is 37.4 Å². The van der Waals surface area contributed by atoms with Crippen molar-refractivity contribution in [1.29, 1.82) is 0 Å². The van der Waals surface area contributed by atoms with Crippen LogP contribution >= 0.6 is 0 Å². The van der Waals surface area contributed by atoms with E-state index in [4.69, 9.17) is 5.73 Å². The lowest BCUT2D eigenvalue weighted by Crippen LogP contribution is -2.31. The van der Waals surface area contributed by atoms with Gasteiger partial charge in [0, 0.05) is 29.7 Å². The van der Waals surface area contributed by atoms with Gasteiger partial charge >= 0.3 is 6.18 Å². The largest absolute Gasteiger partial charge is 0.418 e. The zero-order valence-electron chi connectivity index (χ0n) is 11.6. The first-order valence-corrected chi connectivity index (χ1v) is 7.12. The molecule has 112 valence electrons. The topological polar surface area (TPSA) is 38.9 Å². The fourth-order valence-corrected chi connectivity index (χ4v) is 3.39. The van der Waals surface area contributed by atoms with E-state index in [1.54, 1.807) is 12.1 Å². The average molecular weight is 294 g/mol. The van der Waals surface area contributed by atoms with E-state index in [1.807, 2.05) is 6.07 Å². The number of benzene rings is 1. The Balaban J connectivity index is 2.14. The van der Waals surface area contributed by atoms with Gasteiger partial charge in [-0.1, -0.05) is 25.0 Å². The molecule has 1 aromatic carbocycles. The normalized spacial score (nSPS) is 18.3. The van der Waals surface area contributed by atoms with Crippen molar-refractivity contribution in [3.8, 4) is 0 Å². The average Bonchev–Trinajstić information content (AvgIpc) is 2.95. The number of fused-ring (bicyclic) bond motifs is 1. The predicted molar refractivity (Wildman–Crippen MR) is 75.9 cm³/mol. The van der Waals surface area contributed by atoms with Crippen molar-refractivity contribution in [1.82, 2.24) is 4.98 Å². The van der Waals surface area contributed by atoms with Crippen molar-refractivity contribution in [2.45, 2.75) is 37.3 Å². The second-order valence-electron chi connectivity index (χ2n) is 5.81. The van der Waals surface area contributed by atoms with Gasteiger partial charge in [-0.05, 0) is 29.9 Å². The Morgan fingerprint density at radius 3 is 2.48 bits per heavy atom. The van der Waals surface area contributed by atoms with Crippen molar-refractivity contribution in [3.05, 3.63) is 41.7 Å². The van der Waals surface area contributed by atoms with E-state index in [2.05, 4.69) is 4.98 Å². The summed E-state index contributed by atoms with van der Waals surface area (Å²) in [6, 6.07) is 5.19. The van der Waals surface area contributed by atoms with Gasteiger partial charge < -0.3 is 5.73 Å². The molecule has 0 atom stereocenters. The minimum atomic E-state index is -4.38. The Kier molecular flexibility index (Phi) is 3.40. The minimum absolute atomic E-state index is 0.0809. The number of halogens is 3. The highest BCUT2D eigenvalue weighted by molar-refractivity contribution is 5.86. The van der Waals surface area contributed by atoms with Gasteiger partial charge in [-0.2, -0.15) is 13.2 Å². The van der Waals surface area contributed by atoms with Gasteiger partial charge in [0.1, 0.15) is 0 Å². The second kappa shape index (κ2) is 4.98. The lowest BCUT2D eigenvalue weighted by atomic mass is 9.78. The van der Waals surface area contributed by atoms with Gasteiger partial charge in [-0.15, -0.1) is 0 Å². The zero-order chi connectivity index (χ0) is 15.1. The highest BCUT2D eigenvalue weighted by Gasteiger charge is 2.36. The third-order valence-electron chi connectivity index (χ3n) is 4.63. The van der Waals surface area contributed by atoms with Gasteiger partial charge in [0.15, 0.2) is 0 Å². The standard InChI is InChI=1S/C16H17F3N2/c17-16(18,19)14-9-21-8-11-7-12(3-4-13(11)14)15(10-20)5-1-2-6-15/h3-4,7-9H,1-2,5-6,10,20H2. The van der Waals surface area contributed by atoms with Crippen LogP contribution in [0.5, 0.6) is 0 Å². The molecule has 2 nitrogen and oxygen atoms in total. The van der Waals surface area contributed by atoms with Crippen LogP contribution in [-0.2, 0) is 11.6 Å². The van der Waals surface area contributed by atoms with Gasteiger partial charge in [-0.3, -0.25) is 4.98 Å². The molecule has 1 aromatic heterocycles. The highest BCUT2D eigenvalue weighted by Crippen LogP contribution is 2.42. The molecule has 21 heavy (non-hydrogen) atoms. The summed E-state index contributed by atoms with van der Waals surface area (Å²) in [6.45, 7) is 0.533. The predicted octanol–water partition coefficient (Wildman–Crippen LogP) is 4.02. The summed E-state index contributed by atoms with van der Waals surface area (Å²) in [7, 11) is 0. The van der Waals surface area contributed by atoms with E-state index >= 15 is 0 Å². The van der Waals surface area contributed by atoms with Gasteiger partial charge in [0.05, 0.1) is 5.56 Å². The number of nitrogens with zero attached hydrogens (tertiary/aromatic N) is 1. The fourth-order valence-electron chi connectivity index (χ4n) is 3.39. The SMILES string of the molecule is NCC1(c2ccc3c(C(F)(F)F)cncc3c2)CCCC1. The maximum atomic E-state index is 13.0. The molecule has 0 aliphatic heterocycles. The first kappa shape index (κ1) is 14.3. The van der Waals surface area contributed by atoms with E-state index in [0.29, 0.717) is 11.9 Å². The molecule has 1 heterocycles. The van der Waals surface area contributed by atoms with Crippen LogP contribution in [0.25, 0.3) is 10.8 Å². The summed E-state index contributed by atoms with van der Waals surface area (Å²) in [6.07, 6.45) is 2.24. The summed E-state index contributed by atoms with van der Waals surface area (Å²) in [4.78, 5) is 3.74. The molecule has 0 bridgehead atoms. The third kappa shape index (κ3) is 2.39. The molecular formula is C16H17F3N2. The Hall–Kier alpha value is -1.62. The number of pyridine rings is 1. The van der Waals surface area contributed by atoms with Crippen LogP contribution in [0.3, 0.4) is 0 Å². The van der Waals surface area contributed by atoms with Gasteiger partial charge in [0.25, 0.3) is 0 Å². The molecule has 0 unspecified atom stereocenters. The number of aromatic nitrogens is 1. The Bertz CT molecular complexity index is 658. The van der Waals surface area contributed by atoms with Gasteiger partial charge in [-0.25, -0.2) is 0 Å². The minimum Gasteiger partial charge on any atom is -0.330 e. The third-order valence-corrected chi connectivity index (χ3v) is 4.63. The first-order chi connectivity index (χ1) is 9.96. The highest BCUT2D eigenvalue weighted by atomic mass is 19.4. The number of hydrogen-bond donors (Lipinski definition) is 1. The van der Waals surface area contributed by atoms with Crippen molar-refractivity contribution in [2.75, 3.05) is 6.54 Å². The smallest absolute Gasteiger partial charge is 0.330 e. The fraction of sp³-hybridized carbons (Fsp3) is 0.438. The van der Waals surface area contributed by atoms with Gasteiger partial charge in [0.2, 0.25) is 0 Å². The van der Waals surface area contributed by atoms with Crippen molar-refractivity contribution >= 4 is 10.8 Å². The monoisotopic (exact) mass is 294 g/mol.